The molecule has 1 heterocycles. The van der Waals surface area contributed by atoms with E-state index >= 15 is 0 Å². The molecule has 2 aliphatic carbocycles. The molecule has 18 heavy (non-hydrogen) atoms. The van der Waals surface area contributed by atoms with Crippen LogP contribution in [0.4, 0.5) is 0 Å². The fourth-order valence-electron chi connectivity index (χ4n) is 3.65. The molecule has 0 aromatic carbocycles. The number of ether oxygens (including phenoxy) is 1. The van der Waals surface area contributed by atoms with E-state index in [9.17, 15) is 4.79 Å². The molecular weight excluding hydrogens is 244 g/mol. The fourth-order valence-corrected chi connectivity index (χ4v) is 4.04. The Balaban J connectivity index is 2.01. The van der Waals surface area contributed by atoms with Crippen LogP contribution in [0.1, 0.15) is 12.8 Å². The van der Waals surface area contributed by atoms with Gasteiger partial charge in [0.2, 0.25) is 0 Å². The smallest absolute Gasteiger partial charge is 0.310 e. The molecular formula is C15H18O2S. The van der Waals surface area contributed by atoms with Crippen LogP contribution in [0.2, 0.25) is 0 Å². The maximum atomic E-state index is 11.9. The number of rotatable bonds is 1. The Morgan fingerprint density at radius 1 is 1.44 bits per heavy atom. The van der Waals surface area contributed by atoms with Crippen LogP contribution >= 0.6 is 12.6 Å². The minimum Gasteiger partial charge on any atom is -0.461 e. The van der Waals surface area contributed by atoms with Gasteiger partial charge in [-0.3, -0.25) is 4.79 Å². The molecule has 1 aliphatic heterocycles. The zero-order valence-corrected chi connectivity index (χ0v) is 11.2. The fraction of sp³-hybridized carbons (Fsp3) is 0.533. The van der Waals surface area contributed by atoms with Crippen molar-refractivity contribution in [3.05, 3.63) is 36.5 Å². The number of hydrogen-bond acceptors (Lipinski definition) is 3. The molecule has 0 aromatic rings. The van der Waals surface area contributed by atoms with Gasteiger partial charge in [0.25, 0.3) is 0 Å². The van der Waals surface area contributed by atoms with Crippen molar-refractivity contribution in [1.82, 2.24) is 0 Å². The number of allylic oxidation sites excluding steroid dienone is 2. The van der Waals surface area contributed by atoms with Crippen molar-refractivity contribution in [2.75, 3.05) is 5.75 Å². The third kappa shape index (κ3) is 1.60. The zero-order valence-electron chi connectivity index (χ0n) is 10.3. The molecule has 0 unspecified atom stereocenters. The Morgan fingerprint density at radius 3 is 2.94 bits per heavy atom. The van der Waals surface area contributed by atoms with Gasteiger partial charge in [0.15, 0.2) is 0 Å². The number of thiol groups is 1. The van der Waals surface area contributed by atoms with Gasteiger partial charge < -0.3 is 4.74 Å². The minimum absolute atomic E-state index is 0.0508. The minimum atomic E-state index is -0.116. The number of fused-ring (bicyclic) bond motifs is 3. The van der Waals surface area contributed by atoms with Gasteiger partial charge in [0.05, 0.1) is 5.92 Å². The highest BCUT2D eigenvalue weighted by Gasteiger charge is 2.51. The maximum Gasteiger partial charge on any atom is 0.310 e. The first-order valence-electron chi connectivity index (χ1n) is 6.49. The first kappa shape index (κ1) is 12.1. The lowest BCUT2D eigenvalue weighted by atomic mass is 9.80. The summed E-state index contributed by atoms with van der Waals surface area (Å²) in [5.74, 6) is 1.11. The predicted molar refractivity (Wildman–Crippen MR) is 74.3 cm³/mol. The topological polar surface area (TPSA) is 26.3 Å². The van der Waals surface area contributed by atoms with Gasteiger partial charge in [-0.25, -0.2) is 0 Å². The summed E-state index contributed by atoms with van der Waals surface area (Å²) in [7, 11) is 0. The molecule has 0 radical (unpaired) electrons. The second-order valence-corrected chi connectivity index (χ2v) is 5.90. The van der Waals surface area contributed by atoms with Crippen LogP contribution in [0.25, 0.3) is 0 Å². The van der Waals surface area contributed by atoms with Crippen LogP contribution in [0, 0.1) is 23.7 Å². The SMILES string of the molecule is C=C1CC[C@H]2C(=C)C=C[C@H]3[C@@H](OC(=O)[C@H]3CS)[C@@H]12. The summed E-state index contributed by atoms with van der Waals surface area (Å²) < 4.78 is 5.64. The summed E-state index contributed by atoms with van der Waals surface area (Å²) >= 11 is 4.29. The average molecular weight is 262 g/mol. The standard InChI is InChI=1S/C15H18O2S/c1-8-3-6-11-12(7-18)15(16)17-14(11)13-9(2)4-5-10(8)13/h3,6,10-14,18H,1-2,4-5,7H2/t10-,11+,12-,13-,14+/m0/s1. The van der Waals surface area contributed by atoms with Gasteiger partial charge in [0.1, 0.15) is 6.10 Å². The second-order valence-electron chi connectivity index (χ2n) is 5.53. The molecule has 3 aliphatic rings. The molecule has 0 bridgehead atoms. The lowest BCUT2D eigenvalue weighted by Crippen LogP contribution is -2.30. The van der Waals surface area contributed by atoms with Crippen molar-refractivity contribution in [3.63, 3.8) is 0 Å². The summed E-state index contributed by atoms with van der Waals surface area (Å²) in [6, 6.07) is 0. The first-order chi connectivity index (χ1) is 8.63. The van der Waals surface area contributed by atoms with Crippen molar-refractivity contribution in [2.45, 2.75) is 18.9 Å². The quantitative estimate of drug-likeness (QED) is 0.447. The van der Waals surface area contributed by atoms with Gasteiger partial charge in [-0.15, -0.1) is 0 Å². The van der Waals surface area contributed by atoms with E-state index in [4.69, 9.17) is 4.74 Å². The van der Waals surface area contributed by atoms with Crippen molar-refractivity contribution in [3.8, 4) is 0 Å². The van der Waals surface area contributed by atoms with Gasteiger partial charge in [-0.05, 0) is 18.8 Å². The summed E-state index contributed by atoms with van der Waals surface area (Å²) in [5, 5.41) is 0. The molecule has 0 spiro atoms. The monoisotopic (exact) mass is 262 g/mol. The number of carbonyl (C=O) groups is 1. The molecule has 2 fully saturated rings. The second kappa shape index (κ2) is 4.30. The van der Waals surface area contributed by atoms with E-state index in [0.717, 1.165) is 18.4 Å². The highest BCUT2D eigenvalue weighted by Crippen LogP contribution is 2.50. The van der Waals surface area contributed by atoms with Crippen LogP contribution in [0.3, 0.4) is 0 Å². The molecule has 5 atom stereocenters. The normalized spacial score (nSPS) is 42.5. The molecule has 3 heteroatoms. The van der Waals surface area contributed by atoms with Gasteiger partial charge in [-0.1, -0.05) is 36.5 Å². The van der Waals surface area contributed by atoms with Crippen LogP contribution in [0.5, 0.6) is 0 Å². The maximum absolute atomic E-state index is 11.9. The van der Waals surface area contributed by atoms with E-state index in [-0.39, 0.29) is 29.8 Å². The zero-order chi connectivity index (χ0) is 12.9. The molecule has 96 valence electrons. The molecule has 0 amide bonds. The highest BCUT2D eigenvalue weighted by molar-refractivity contribution is 7.80. The molecule has 1 saturated heterocycles. The Hall–Kier alpha value is -0.960. The number of esters is 1. The third-order valence-corrected chi connectivity index (χ3v) is 5.03. The molecule has 2 nitrogen and oxygen atoms in total. The van der Waals surface area contributed by atoms with Crippen LogP contribution in [-0.2, 0) is 9.53 Å². The van der Waals surface area contributed by atoms with Crippen LogP contribution < -0.4 is 0 Å². The Morgan fingerprint density at radius 2 is 2.22 bits per heavy atom. The van der Waals surface area contributed by atoms with Gasteiger partial charge in [-0.2, -0.15) is 12.6 Å². The first-order valence-corrected chi connectivity index (χ1v) is 7.12. The molecule has 0 aromatic heterocycles. The lowest BCUT2D eigenvalue weighted by molar-refractivity contribution is -0.145. The van der Waals surface area contributed by atoms with Crippen molar-refractivity contribution in [2.24, 2.45) is 23.7 Å². The summed E-state index contributed by atoms with van der Waals surface area (Å²) in [6.07, 6.45) is 6.24. The third-order valence-electron chi connectivity index (χ3n) is 4.64. The summed E-state index contributed by atoms with van der Waals surface area (Å²) in [6.45, 7) is 8.33. The summed E-state index contributed by atoms with van der Waals surface area (Å²) in [4.78, 5) is 11.9. The lowest BCUT2D eigenvalue weighted by Gasteiger charge is -2.26. The van der Waals surface area contributed by atoms with E-state index in [0.29, 0.717) is 11.7 Å². The van der Waals surface area contributed by atoms with Gasteiger partial charge in [0, 0.05) is 17.6 Å². The van der Waals surface area contributed by atoms with E-state index in [2.05, 4.69) is 37.9 Å². The average Bonchev–Trinajstić information content (AvgIpc) is 2.82. The van der Waals surface area contributed by atoms with Gasteiger partial charge >= 0.3 is 5.97 Å². The Labute approximate surface area is 113 Å². The highest BCUT2D eigenvalue weighted by atomic mass is 32.1. The molecule has 3 rings (SSSR count). The van der Waals surface area contributed by atoms with E-state index in [1.54, 1.807) is 0 Å². The summed E-state index contributed by atoms with van der Waals surface area (Å²) in [5.41, 5.74) is 2.37. The largest absolute Gasteiger partial charge is 0.461 e. The van der Waals surface area contributed by atoms with Crippen LogP contribution in [0.15, 0.2) is 36.5 Å². The number of hydrogen-bond donors (Lipinski definition) is 1. The van der Waals surface area contributed by atoms with E-state index < -0.39 is 0 Å². The van der Waals surface area contributed by atoms with Crippen molar-refractivity contribution in [1.29, 1.82) is 0 Å². The predicted octanol–water partition coefficient (Wildman–Crippen LogP) is 2.78. The van der Waals surface area contributed by atoms with Crippen molar-refractivity contribution < 1.29 is 9.53 Å². The molecule has 1 saturated carbocycles. The number of carbonyl (C=O) groups excluding carboxylic acids is 1. The molecule has 0 N–H and O–H groups in total. The Kier molecular flexibility index (Phi) is 2.89. The van der Waals surface area contributed by atoms with Crippen molar-refractivity contribution >= 4 is 18.6 Å². The van der Waals surface area contributed by atoms with E-state index in [1.807, 2.05) is 0 Å². The van der Waals surface area contributed by atoms with Crippen LogP contribution in [-0.4, -0.2) is 17.8 Å². The van der Waals surface area contributed by atoms with E-state index in [1.165, 1.54) is 5.57 Å². The Bertz CT molecular complexity index is 451.